The Balaban J connectivity index is 1.83. The smallest absolute Gasteiger partial charge is 0.238 e. The Morgan fingerprint density at radius 1 is 1.30 bits per heavy atom. The number of nitrogens with one attached hydrogen (secondary N) is 2. The highest BCUT2D eigenvalue weighted by Gasteiger charge is 2.07. The van der Waals surface area contributed by atoms with Gasteiger partial charge >= 0.3 is 0 Å². The summed E-state index contributed by atoms with van der Waals surface area (Å²) in [5, 5.41) is 6.55. The largest absolute Gasteiger partial charge is 0.325 e. The van der Waals surface area contributed by atoms with E-state index in [2.05, 4.69) is 15.6 Å². The first-order valence-electron chi connectivity index (χ1n) is 6.34. The number of carbonyl (C=O) groups excluding carboxylic acids is 1. The molecule has 2 N–H and O–H groups in total. The summed E-state index contributed by atoms with van der Waals surface area (Å²) in [5.74, 6) is -0.104. The summed E-state index contributed by atoms with van der Waals surface area (Å²) in [7, 11) is 0. The third-order valence-corrected chi connectivity index (χ3v) is 3.12. The minimum Gasteiger partial charge on any atom is -0.325 e. The molecule has 1 aromatic carbocycles. The van der Waals surface area contributed by atoms with Crippen molar-refractivity contribution in [2.75, 3.05) is 11.9 Å². The molecule has 0 saturated heterocycles. The van der Waals surface area contributed by atoms with Crippen LogP contribution in [0.4, 0.5) is 5.69 Å². The summed E-state index contributed by atoms with van der Waals surface area (Å²) >= 11 is 5.86. The maximum atomic E-state index is 11.8. The van der Waals surface area contributed by atoms with Gasteiger partial charge in [-0.1, -0.05) is 17.7 Å². The Hall–Kier alpha value is -1.91. The van der Waals surface area contributed by atoms with Crippen LogP contribution in [-0.2, 0) is 4.79 Å². The molecule has 0 unspecified atom stereocenters. The Bertz CT molecular complexity index is 574. The molecule has 1 heterocycles. The topological polar surface area (TPSA) is 54.0 Å². The molecule has 0 aliphatic heterocycles. The predicted octanol–water partition coefficient (Wildman–Crippen LogP) is 3.02. The average Bonchev–Trinajstić information content (AvgIpc) is 2.46. The van der Waals surface area contributed by atoms with E-state index in [9.17, 15) is 4.79 Å². The van der Waals surface area contributed by atoms with Crippen LogP contribution in [0.1, 0.15) is 18.5 Å². The zero-order chi connectivity index (χ0) is 14.4. The van der Waals surface area contributed by atoms with Gasteiger partial charge in [0, 0.05) is 29.1 Å². The number of anilines is 1. The Labute approximate surface area is 123 Å². The molecule has 4 nitrogen and oxygen atoms in total. The predicted molar refractivity (Wildman–Crippen MR) is 80.7 cm³/mol. The van der Waals surface area contributed by atoms with Gasteiger partial charge in [-0.25, -0.2) is 0 Å². The summed E-state index contributed by atoms with van der Waals surface area (Å²) in [6.45, 7) is 2.23. The van der Waals surface area contributed by atoms with Crippen LogP contribution in [0.2, 0.25) is 5.02 Å². The maximum absolute atomic E-state index is 11.8. The van der Waals surface area contributed by atoms with E-state index in [-0.39, 0.29) is 18.5 Å². The summed E-state index contributed by atoms with van der Waals surface area (Å²) < 4.78 is 0. The van der Waals surface area contributed by atoms with E-state index in [1.54, 1.807) is 36.7 Å². The fourth-order valence-electron chi connectivity index (χ4n) is 1.79. The Morgan fingerprint density at radius 2 is 2.05 bits per heavy atom. The van der Waals surface area contributed by atoms with Gasteiger partial charge in [0.2, 0.25) is 5.91 Å². The van der Waals surface area contributed by atoms with Crippen LogP contribution in [0.5, 0.6) is 0 Å². The number of hydrogen-bond donors (Lipinski definition) is 2. The van der Waals surface area contributed by atoms with Crippen molar-refractivity contribution in [2.45, 2.75) is 13.0 Å². The fraction of sp³-hybridized carbons (Fsp3) is 0.200. The van der Waals surface area contributed by atoms with Crippen LogP contribution in [0.15, 0.2) is 48.8 Å². The van der Waals surface area contributed by atoms with Gasteiger partial charge in [-0.2, -0.15) is 0 Å². The lowest BCUT2D eigenvalue weighted by molar-refractivity contribution is -0.115. The van der Waals surface area contributed by atoms with Gasteiger partial charge in [-0.15, -0.1) is 0 Å². The van der Waals surface area contributed by atoms with Gasteiger partial charge in [0.15, 0.2) is 0 Å². The van der Waals surface area contributed by atoms with Crippen molar-refractivity contribution in [1.82, 2.24) is 10.3 Å². The molecule has 2 aromatic rings. The molecular weight excluding hydrogens is 274 g/mol. The lowest BCUT2D eigenvalue weighted by Crippen LogP contribution is -2.30. The van der Waals surface area contributed by atoms with Crippen LogP contribution in [0.25, 0.3) is 0 Å². The van der Waals surface area contributed by atoms with Gasteiger partial charge in [0.25, 0.3) is 0 Å². The monoisotopic (exact) mass is 289 g/mol. The van der Waals surface area contributed by atoms with Crippen molar-refractivity contribution in [3.05, 3.63) is 59.4 Å². The molecule has 0 fully saturated rings. The van der Waals surface area contributed by atoms with Crippen LogP contribution in [-0.4, -0.2) is 17.4 Å². The molecule has 1 aromatic heterocycles. The minimum absolute atomic E-state index is 0.0862. The van der Waals surface area contributed by atoms with Gasteiger partial charge in [0.1, 0.15) is 0 Å². The second-order valence-corrected chi connectivity index (χ2v) is 4.88. The van der Waals surface area contributed by atoms with Crippen molar-refractivity contribution < 1.29 is 4.79 Å². The molecule has 104 valence electrons. The number of amides is 1. The molecule has 0 bridgehead atoms. The number of pyridine rings is 1. The molecule has 5 heteroatoms. The van der Waals surface area contributed by atoms with Crippen LogP contribution >= 0.6 is 11.6 Å². The van der Waals surface area contributed by atoms with Gasteiger partial charge in [-0.05, 0) is 42.8 Å². The molecule has 20 heavy (non-hydrogen) atoms. The summed E-state index contributed by atoms with van der Waals surface area (Å²) in [5.41, 5.74) is 1.79. The summed E-state index contributed by atoms with van der Waals surface area (Å²) in [4.78, 5) is 15.8. The standard InChI is InChI=1S/C15H16ClN3O/c1-11(12-5-7-17-8-6-12)18-10-15(20)19-14-4-2-3-13(16)9-14/h2-9,11,18H,10H2,1H3,(H,19,20)/t11-/m0/s1. The first-order chi connectivity index (χ1) is 9.65. The van der Waals surface area contributed by atoms with Crippen molar-refractivity contribution in [3.63, 3.8) is 0 Å². The number of rotatable bonds is 5. The highest BCUT2D eigenvalue weighted by atomic mass is 35.5. The lowest BCUT2D eigenvalue weighted by atomic mass is 10.1. The average molecular weight is 290 g/mol. The van der Waals surface area contributed by atoms with E-state index in [1.807, 2.05) is 19.1 Å². The molecule has 0 aliphatic carbocycles. The molecule has 0 radical (unpaired) electrons. The zero-order valence-corrected chi connectivity index (χ0v) is 11.9. The zero-order valence-electron chi connectivity index (χ0n) is 11.1. The molecule has 0 aliphatic rings. The first kappa shape index (κ1) is 14.5. The third-order valence-electron chi connectivity index (χ3n) is 2.88. The number of aromatic nitrogens is 1. The lowest BCUT2D eigenvalue weighted by Gasteiger charge is -2.13. The summed E-state index contributed by atoms with van der Waals surface area (Å²) in [6.07, 6.45) is 3.47. The molecule has 1 amide bonds. The van der Waals surface area contributed by atoms with E-state index in [0.717, 1.165) is 5.56 Å². The van der Waals surface area contributed by atoms with E-state index in [0.29, 0.717) is 10.7 Å². The number of hydrogen-bond acceptors (Lipinski definition) is 3. The fourth-order valence-corrected chi connectivity index (χ4v) is 1.98. The molecule has 2 rings (SSSR count). The van der Waals surface area contributed by atoms with Crippen molar-refractivity contribution in [1.29, 1.82) is 0 Å². The molecule has 1 atom stereocenters. The molecule has 0 spiro atoms. The van der Waals surface area contributed by atoms with Gasteiger partial charge < -0.3 is 10.6 Å². The minimum atomic E-state index is -0.104. The van der Waals surface area contributed by atoms with E-state index >= 15 is 0 Å². The second-order valence-electron chi connectivity index (χ2n) is 4.44. The van der Waals surface area contributed by atoms with Gasteiger partial charge in [-0.3, -0.25) is 9.78 Å². The normalized spacial score (nSPS) is 11.9. The second kappa shape index (κ2) is 7.03. The van der Waals surface area contributed by atoms with Crippen molar-refractivity contribution >= 4 is 23.2 Å². The van der Waals surface area contributed by atoms with Crippen LogP contribution < -0.4 is 10.6 Å². The number of benzene rings is 1. The first-order valence-corrected chi connectivity index (χ1v) is 6.71. The molecular formula is C15H16ClN3O. The van der Waals surface area contributed by atoms with Crippen LogP contribution in [0, 0.1) is 0 Å². The van der Waals surface area contributed by atoms with E-state index in [1.165, 1.54) is 0 Å². The SMILES string of the molecule is C[C@H](NCC(=O)Nc1cccc(Cl)c1)c1ccncc1. The van der Waals surface area contributed by atoms with E-state index in [4.69, 9.17) is 11.6 Å². The molecule has 0 saturated carbocycles. The number of halogens is 1. The number of nitrogens with zero attached hydrogens (tertiary/aromatic N) is 1. The quantitative estimate of drug-likeness (QED) is 0.889. The van der Waals surface area contributed by atoms with Crippen molar-refractivity contribution in [3.8, 4) is 0 Å². The van der Waals surface area contributed by atoms with Crippen LogP contribution in [0.3, 0.4) is 0 Å². The summed E-state index contributed by atoms with van der Waals surface area (Å²) in [6, 6.07) is 11.0. The maximum Gasteiger partial charge on any atom is 0.238 e. The van der Waals surface area contributed by atoms with Crippen molar-refractivity contribution in [2.24, 2.45) is 0 Å². The highest BCUT2D eigenvalue weighted by Crippen LogP contribution is 2.15. The van der Waals surface area contributed by atoms with Gasteiger partial charge in [0.05, 0.1) is 6.54 Å². The third kappa shape index (κ3) is 4.33. The van der Waals surface area contributed by atoms with E-state index < -0.39 is 0 Å². The Kier molecular flexibility index (Phi) is 5.09. The number of carbonyl (C=O) groups is 1. The Morgan fingerprint density at radius 3 is 2.75 bits per heavy atom. The highest BCUT2D eigenvalue weighted by molar-refractivity contribution is 6.30.